The first-order valence-electron chi connectivity index (χ1n) is 9.88. The molecule has 154 valence electrons. The number of ether oxygens (including phenoxy) is 1. The van der Waals surface area contributed by atoms with Gasteiger partial charge in [0, 0.05) is 0 Å². The molecule has 0 bridgehead atoms. The van der Waals surface area contributed by atoms with Crippen molar-refractivity contribution in [2.45, 2.75) is 50.8 Å². The van der Waals surface area contributed by atoms with E-state index in [1.165, 1.54) is 22.3 Å². The number of nitrogens with two attached hydrogens (primary N) is 1. The van der Waals surface area contributed by atoms with E-state index in [1.54, 1.807) is 14.0 Å². The van der Waals surface area contributed by atoms with Crippen LogP contribution in [0.3, 0.4) is 0 Å². The molecule has 0 saturated carbocycles. The van der Waals surface area contributed by atoms with Crippen molar-refractivity contribution in [2.24, 2.45) is 5.73 Å². The Hall–Kier alpha value is -2.70. The van der Waals surface area contributed by atoms with Crippen molar-refractivity contribution in [3.63, 3.8) is 0 Å². The van der Waals surface area contributed by atoms with E-state index in [2.05, 4.69) is 23.5 Å². The lowest BCUT2D eigenvalue weighted by Crippen LogP contribution is -2.46. The standard InChI is InChI=1S/C23H28N2O4/c1-23(24,12-6-11-20(25-2)21(26)27)22(28)29-14-16-8-5-10-18-17-9-4-3-7-15(17)13-19(16)18/h3-5,7-10,20,25H,6,11-14,24H2,1-2H3,(H,26,27). The summed E-state index contributed by atoms with van der Waals surface area (Å²) in [6, 6.07) is 13.7. The highest BCUT2D eigenvalue weighted by Gasteiger charge is 2.31. The second kappa shape index (κ2) is 8.76. The summed E-state index contributed by atoms with van der Waals surface area (Å²) in [6.45, 7) is 1.81. The van der Waals surface area contributed by atoms with Gasteiger partial charge in [0.25, 0.3) is 0 Å². The lowest BCUT2D eigenvalue weighted by Gasteiger charge is -2.23. The van der Waals surface area contributed by atoms with E-state index in [4.69, 9.17) is 15.6 Å². The molecular formula is C23H28N2O4. The van der Waals surface area contributed by atoms with Crippen molar-refractivity contribution in [3.05, 3.63) is 59.2 Å². The number of carbonyl (C=O) groups is 2. The molecule has 0 spiro atoms. The van der Waals surface area contributed by atoms with Crippen LogP contribution in [0.1, 0.15) is 42.9 Å². The van der Waals surface area contributed by atoms with Gasteiger partial charge in [0.1, 0.15) is 18.2 Å². The highest BCUT2D eigenvalue weighted by molar-refractivity contribution is 5.81. The fourth-order valence-electron chi connectivity index (χ4n) is 3.83. The van der Waals surface area contributed by atoms with E-state index < -0.39 is 23.5 Å². The predicted octanol–water partition coefficient (Wildman–Crippen LogP) is 2.86. The van der Waals surface area contributed by atoms with Gasteiger partial charge >= 0.3 is 11.9 Å². The minimum atomic E-state index is -1.16. The number of carbonyl (C=O) groups excluding carboxylic acids is 1. The van der Waals surface area contributed by atoms with Crippen molar-refractivity contribution in [1.82, 2.24) is 5.32 Å². The Balaban J connectivity index is 1.59. The molecule has 29 heavy (non-hydrogen) atoms. The first-order valence-corrected chi connectivity index (χ1v) is 9.88. The molecule has 0 aromatic heterocycles. The fraction of sp³-hybridized carbons (Fsp3) is 0.391. The van der Waals surface area contributed by atoms with Gasteiger partial charge in [-0.1, -0.05) is 42.5 Å². The van der Waals surface area contributed by atoms with Crippen LogP contribution in [0.25, 0.3) is 11.1 Å². The van der Waals surface area contributed by atoms with Gasteiger partial charge in [-0.25, -0.2) is 0 Å². The number of fused-ring (bicyclic) bond motifs is 3. The SMILES string of the molecule is CNC(CCCC(C)(N)C(=O)OCc1cccc2c1Cc1ccccc1-2)C(=O)O. The van der Waals surface area contributed by atoms with Crippen LogP contribution >= 0.6 is 0 Å². The van der Waals surface area contributed by atoms with E-state index in [0.717, 1.165) is 12.0 Å². The molecule has 2 atom stereocenters. The van der Waals surface area contributed by atoms with E-state index in [1.807, 2.05) is 24.3 Å². The molecule has 1 aliphatic rings. The van der Waals surface area contributed by atoms with Crippen molar-refractivity contribution in [2.75, 3.05) is 7.05 Å². The van der Waals surface area contributed by atoms with Crippen LogP contribution in [-0.2, 0) is 27.4 Å². The zero-order chi connectivity index (χ0) is 21.0. The smallest absolute Gasteiger partial charge is 0.326 e. The maximum atomic E-state index is 12.6. The second-order valence-electron chi connectivity index (χ2n) is 7.84. The van der Waals surface area contributed by atoms with Crippen molar-refractivity contribution in [3.8, 4) is 11.1 Å². The average Bonchev–Trinajstić information content (AvgIpc) is 3.08. The quantitative estimate of drug-likeness (QED) is 0.481. The molecular weight excluding hydrogens is 368 g/mol. The third-order valence-electron chi connectivity index (χ3n) is 5.61. The number of likely N-dealkylation sites (N-methyl/N-ethyl adjacent to an activating group) is 1. The van der Waals surface area contributed by atoms with Gasteiger partial charge in [-0.15, -0.1) is 0 Å². The molecule has 4 N–H and O–H groups in total. The maximum absolute atomic E-state index is 12.6. The molecule has 0 heterocycles. The van der Waals surface area contributed by atoms with Crippen LogP contribution in [-0.4, -0.2) is 35.7 Å². The number of carboxylic acids is 1. The third-order valence-corrected chi connectivity index (χ3v) is 5.61. The minimum Gasteiger partial charge on any atom is -0.480 e. The molecule has 3 rings (SSSR count). The Morgan fingerprint density at radius 3 is 2.66 bits per heavy atom. The Morgan fingerprint density at radius 2 is 1.93 bits per heavy atom. The maximum Gasteiger partial charge on any atom is 0.326 e. The molecule has 0 radical (unpaired) electrons. The molecule has 0 fully saturated rings. The fourth-order valence-corrected chi connectivity index (χ4v) is 3.83. The lowest BCUT2D eigenvalue weighted by atomic mass is 9.94. The zero-order valence-corrected chi connectivity index (χ0v) is 16.9. The summed E-state index contributed by atoms with van der Waals surface area (Å²) < 4.78 is 5.55. The Bertz CT molecular complexity index is 908. The molecule has 2 aromatic rings. The second-order valence-corrected chi connectivity index (χ2v) is 7.84. The predicted molar refractivity (Wildman–Crippen MR) is 111 cm³/mol. The summed E-state index contributed by atoms with van der Waals surface area (Å²) in [6.07, 6.45) is 2.10. The number of nitrogens with one attached hydrogen (secondary N) is 1. The summed E-state index contributed by atoms with van der Waals surface area (Å²) in [7, 11) is 1.60. The molecule has 1 aliphatic carbocycles. The van der Waals surface area contributed by atoms with Crippen LogP contribution in [0.5, 0.6) is 0 Å². The minimum absolute atomic E-state index is 0.178. The number of carboxylic acid groups (broad SMARTS) is 1. The van der Waals surface area contributed by atoms with Gasteiger partial charge in [-0.2, -0.15) is 0 Å². The average molecular weight is 396 g/mol. The summed E-state index contributed by atoms with van der Waals surface area (Å²) >= 11 is 0. The Labute approximate surface area is 171 Å². The van der Waals surface area contributed by atoms with Gasteiger partial charge in [0.05, 0.1) is 0 Å². The van der Waals surface area contributed by atoms with Crippen LogP contribution in [0, 0.1) is 0 Å². The lowest BCUT2D eigenvalue weighted by molar-refractivity contribution is -0.151. The van der Waals surface area contributed by atoms with Crippen molar-refractivity contribution in [1.29, 1.82) is 0 Å². The normalized spacial score (nSPS) is 15.1. The van der Waals surface area contributed by atoms with E-state index >= 15 is 0 Å². The van der Waals surface area contributed by atoms with Gasteiger partial charge in [-0.3, -0.25) is 9.59 Å². The number of hydrogen-bond acceptors (Lipinski definition) is 5. The molecule has 6 heteroatoms. The van der Waals surface area contributed by atoms with Crippen LogP contribution in [0.4, 0.5) is 0 Å². The number of hydrogen-bond donors (Lipinski definition) is 3. The molecule has 2 unspecified atom stereocenters. The van der Waals surface area contributed by atoms with E-state index in [-0.39, 0.29) is 6.61 Å². The Morgan fingerprint density at radius 1 is 1.21 bits per heavy atom. The van der Waals surface area contributed by atoms with Crippen LogP contribution in [0.2, 0.25) is 0 Å². The van der Waals surface area contributed by atoms with Gasteiger partial charge < -0.3 is 20.9 Å². The Kier molecular flexibility index (Phi) is 6.35. The third kappa shape index (κ3) is 4.66. The molecule has 6 nitrogen and oxygen atoms in total. The van der Waals surface area contributed by atoms with Crippen LogP contribution < -0.4 is 11.1 Å². The summed E-state index contributed by atoms with van der Waals surface area (Å²) in [5.74, 6) is -1.38. The zero-order valence-electron chi connectivity index (χ0n) is 16.9. The highest BCUT2D eigenvalue weighted by Crippen LogP contribution is 2.38. The number of esters is 1. The summed E-state index contributed by atoms with van der Waals surface area (Å²) in [4.78, 5) is 23.6. The largest absolute Gasteiger partial charge is 0.480 e. The molecule has 0 saturated heterocycles. The summed E-state index contributed by atoms with van der Waals surface area (Å²) in [5, 5.41) is 11.8. The first kappa shape index (κ1) is 21.0. The molecule has 0 aliphatic heterocycles. The van der Waals surface area contributed by atoms with E-state index in [9.17, 15) is 9.59 Å². The monoisotopic (exact) mass is 396 g/mol. The molecule has 2 aromatic carbocycles. The number of rotatable bonds is 9. The topological polar surface area (TPSA) is 102 Å². The van der Waals surface area contributed by atoms with Crippen LogP contribution in [0.15, 0.2) is 42.5 Å². The highest BCUT2D eigenvalue weighted by atomic mass is 16.5. The van der Waals surface area contributed by atoms with Crippen molar-refractivity contribution < 1.29 is 19.4 Å². The number of benzene rings is 2. The number of aliphatic carboxylic acids is 1. The van der Waals surface area contributed by atoms with Gasteiger partial charge in [-0.05, 0) is 67.5 Å². The van der Waals surface area contributed by atoms with E-state index in [0.29, 0.717) is 19.3 Å². The van der Waals surface area contributed by atoms with Gasteiger partial charge in [0.15, 0.2) is 0 Å². The van der Waals surface area contributed by atoms with Gasteiger partial charge in [0.2, 0.25) is 0 Å². The van der Waals surface area contributed by atoms with Crippen molar-refractivity contribution >= 4 is 11.9 Å². The summed E-state index contributed by atoms with van der Waals surface area (Å²) in [5.41, 5.74) is 10.9. The first-order chi connectivity index (χ1) is 13.8. The molecule has 0 amide bonds.